The molecule has 2 nitrogen and oxygen atoms in total. The van der Waals surface area contributed by atoms with Gasteiger partial charge in [-0.3, -0.25) is 0 Å². The minimum atomic E-state index is -0.347. The van der Waals surface area contributed by atoms with Crippen LogP contribution in [0.25, 0.3) is 0 Å². The first kappa shape index (κ1) is 16.3. The summed E-state index contributed by atoms with van der Waals surface area (Å²) in [5, 5.41) is 3.72. The summed E-state index contributed by atoms with van der Waals surface area (Å²) in [4.78, 5) is 0. The molecule has 0 saturated carbocycles. The fourth-order valence-electron chi connectivity index (χ4n) is 1.86. The van der Waals surface area contributed by atoms with Crippen molar-refractivity contribution in [2.24, 2.45) is 0 Å². The van der Waals surface area contributed by atoms with Crippen LogP contribution in [0.15, 0.2) is 18.2 Å². The molecular weight excluding hydrogens is 265 g/mol. The molecule has 0 aromatic heterocycles. The van der Waals surface area contributed by atoms with Crippen LogP contribution in [0.2, 0.25) is 5.02 Å². The van der Waals surface area contributed by atoms with Crippen LogP contribution in [-0.4, -0.2) is 19.2 Å². The lowest BCUT2D eigenvalue weighted by Crippen LogP contribution is -2.30. The number of halogens is 2. The topological polar surface area (TPSA) is 21.3 Å². The molecule has 0 fully saturated rings. The van der Waals surface area contributed by atoms with Crippen LogP contribution in [0.4, 0.5) is 4.39 Å². The van der Waals surface area contributed by atoms with Gasteiger partial charge in [-0.25, -0.2) is 4.39 Å². The van der Waals surface area contributed by atoms with Crippen molar-refractivity contribution in [3.8, 4) is 5.75 Å². The van der Waals surface area contributed by atoms with Crippen molar-refractivity contribution in [1.82, 2.24) is 5.32 Å². The second-order valence-corrected chi connectivity index (χ2v) is 5.18. The number of nitrogens with one attached hydrogen (secondary N) is 1. The van der Waals surface area contributed by atoms with E-state index in [1.54, 1.807) is 6.07 Å². The van der Waals surface area contributed by atoms with E-state index in [9.17, 15) is 4.39 Å². The van der Waals surface area contributed by atoms with E-state index in [0.717, 1.165) is 6.54 Å². The summed E-state index contributed by atoms with van der Waals surface area (Å²) in [6, 6.07) is 4.67. The minimum Gasteiger partial charge on any atom is -0.491 e. The van der Waals surface area contributed by atoms with E-state index in [1.807, 2.05) is 0 Å². The lowest BCUT2D eigenvalue weighted by molar-refractivity contribution is 0.304. The van der Waals surface area contributed by atoms with Crippen LogP contribution >= 0.6 is 11.6 Å². The maximum Gasteiger partial charge on any atom is 0.138 e. The van der Waals surface area contributed by atoms with E-state index in [2.05, 4.69) is 19.2 Å². The van der Waals surface area contributed by atoms with Gasteiger partial charge in [-0.05, 0) is 31.5 Å². The van der Waals surface area contributed by atoms with Gasteiger partial charge in [-0.2, -0.15) is 0 Å². The quantitative estimate of drug-likeness (QED) is 0.679. The fourth-order valence-corrected chi connectivity index (χ4v) is 2.08. The monoisotopic (exact) mass is 287 g/mol. The molecule has 1 unspecified atom stereocenters. The van der Waals surface area contributed by atoms with E-state index in [4.69, 9.17) is 16.3 Å². The zero-order valence-corrected chi connectivity index (χ0v) is 12.5. The standard InChI is InChI=1S/C15H23ClFNO/c1-3-4-5-6-12(2)18-9-10-19-15-8-7-13(17)11-14(15)16/h7-8,11-12,18H,3-6,9-10H2,1-2H3. The van der Waals surface area contributed by atoms with E-state index >= 15 is 0 Å². The summed E-state index contributed by atoms with van der Waals surface area (Å²) in [5.74, 6) is 0.184. The molecular formula is C15H23ClFNO. The highest BCUT2D eigenvalue weighted by Gasteiger charge is 2.04. The van der Waals surface area contributed by atoms with Gasteiger partial charge in [0.15, 0.2) is 0 Å². The average molecular weight is 288 g/mol. The van der Waals surface area contributed by atoms with Crippen molar-refractivity contribution >= 4 is 11.6 Å². The van der Waals surface area contributed by atoms with Crippen LogP contribution in [0.3, 0.4) is 0 Å². The predicted molar refractivity (Wildman–Crippen MR) is 78.5 cm³/mol. The lowest BCUT2D eigenvalue weighted by Gasteiger charge is -2.14. The molecule has 0 spiro atoms. The highest BCUT2D eigenvalue weighted by Crippen LogP contribution is 2.24. The zero-order valence-electron chi connectivity index (χ0n) is 11.7. The molecule has 1 rings (SSSR count). The van der Waals surface area contributed by atoms with Crippen LogP contribution < -0.4 is 10.1 Å². The van der Waals surface area contributed by atoms with E-state index in [1.165, 1.54) is 37.8 Å². The summed E-state index contributed by atoms with van der Waals surface area (Å²) >= 11 is 5.87. The molecule has 0 saturated heterocycles. The van der Waals surface area contributed by atoms with Gasteiger partial charge in [-0.1, -0.05) is 37.8 Å². The molecule has 0 aliphatic carbocycles. The normalized spacial score (nSPS) is 12.4. The van der Waals surface area contributed by atoms with Crippen LogP contribution in [-0.2, 0) is 0 Å². The van der Waals surface area contributed by atoms with E-state index < -0.39 is 0 Å². The zero-order chi connectivity index (χ0) is 14.1. The predicted octanol–water partition coefficient (Wildman–Crippen LogP) is 4.42. The number of unbranched alkanes of at least 4 members (excludes halogenated alkanes) is 2. The average Bonchev–Trinajstić information content (AvgIpc) is 2.37. The molecule has 0 heterocycles. The third-order valence-electron chi connectivity index (χ3n) is 2.99. The maximum absolute atomic E-state index is 12.8. The third kappa shape index (κ3) is 6.79. The molecule has 1 atom stereocenters. The van der Waals surface area contributed by atoms with Gasteiger partial charge < -0.3 is 10.1 Å². The van der Waals surface area contributed by atoms with Gasteiger partial charge in [0.2, 0.25) is 0 Å². The van der Waals surface area contributed by atoms with Crippen molar-refractivity contribution < 1.29 is 9.13 Å². The molecule has 1 N–H and O–H groups in total. The van der Waals surface area contributed by atoms with Crippen LogP contribution in [0, 0.1) is 5.82 Å². The van der Waals surface area contributed by atoms with E-state index in [-0.39, 0.29) is 5.82 Å². The molecule has 4 heteroatoms. The Morgan fingerprint density at radius 1 is 1.37 bits per heavy atom. The fraction of sp³-hybridized carbons (Fsp3) is 0.600. The summed E-state index contributed by atoms with van der Waals surface area (Å²) in [5.41, 5.74) is 0. The van der Waals surface area contributed by atoms with Crippen molar-refractivity contribution in [3.63, 3.8) is 0 Å². The first-order chi connectivity index (χ1) is 9.13. The van der Waals surface area contributed by atoms with Gasteiger partial charge in [0, 0.05) is 12.6 Å². The van der Waals surface area contributed by atoms with Crippen molar-refractivity contribution in [2.45, 2.75) is 45.6 Å². The summed E-state index contributed by atoms with van der Waals surface area (Å²) in [6.07, 6.45) is 4.98. The molecule has 1 aromatic rings. The van der Waals surface area contributed by atoms with Gasteiger partial charge in [0.1, 0.15) is 18.2 Å². The first-order valence-corrected chi connectivity index (χ1v) is 7.32. The molecule has 0 radical (unpaired) electrons. The number of ether oxygens (including phenoxy) is 1. The van der Waals surface area contributed by atoms with Crippen molar-refractivity contribution in [3.05, 3.63) is 29.0 Å². The molecule has 1 aromatic carbocycles. The second-order valence-electron chi connectivity index (χ2n) is 4.77. The molecule has 108 valence electrons. The van der Waals surface area contributed by atoms with Crippen LogP contribution in [0.5, 0.6) is 5.75 Å². The highest BCUT2D eigenvalue weighted by molar-refractivity contribution is 6.32. The highest BCUT2D eigenvalue weighted by atomic mass is 35.5. The van der Waals surface area contributed by atoms with Gasteiger partial charge in [0.25, 0.3) is 0 Å². The number of hydrogen-bond donors (Lipinski definition) is 1. The largest absolute Gasteiger partial charge is 0.491 e. The Bertz CT molecular complexity index is 373. The molecule has 19 heavy (non-hydrogen) atoms. The molecule has 0 amide bonds. The molecule has 0 aliphatic heterocycles. The Hall–Kier alpha value is -0.800. The maximum atomic E-state index is 12.8. The summed E-state index contributed by atoms with van der Waals surface area (Å²) in [7, 11) is 0. The smallest absolute Gasteiger partial charge is 0.138 e. The third-order valence-corrected chi connectivity index (χ3v) is 3.28. The van der Waals surface area contributed by atoms with Crippen molar-refractivity contribution in [1.29, 1.82) is 0 Å². The summed E-state index contributed by atoms with van der Waals surface area (Å²) in [6.45, 7) is 5.68. The number of rotatable bonds is 9. The Kier molecular flexibility index (Phi) is 7.84. The van der Waals surface area contributed by atoms with Crippen LogP contribution in [0.1, 0.15) is 39.5 Å². The Morgan fingerprint density at radius 2 is 2.16 bits per heavy atom. The first-order valence-electron chi connectivity index (χ1n) is 6.94. The Morgan fingerprint density at radius 3 is 2.84 bits per heavy atom. The second kappa shape index (κ2) is 9.16. The minimum absolute atomic E-state index is 0.316. The Balaban J connectivity index is 2.16. The van der Waals surface area contributed by atoms with Gasteiger partial charge in [0.05, 0.1) is 5.02 Å². The molecule has 0 aliphatic rings. The van der Waals surface area contributed by atoms with Gasteiger partial charge >= 0.3 is 0 Å². The SMILES string of the molecule is CCCCCC(C)NCCOc1ccc(F)cc1Cl. The van der Waals surface area contributed by atoms with E-state index in [0.29, 0.717) is 23.4 Å². The number of hydrogen-bond acceptors (Lipinski definition) is 2. The lowest BCUT2D eigenvalue weighted by atomic mass is 10.1. The van der Waals surface area contributed by atoms with Crippen molar-refractivity contribution in [2.75, 3.05) is 13.2 Å². The number of benzene rings is 1. The Labute approximate surface area is 120 Å². The molecule has 0 bridgehead atoms. The van der Waals surface area contributed by atoms with Gasteiger partial charge in [-0.15, -0.1) is 0 Å². The summed E-state index contributed by atoms with van der Waals surface area (Å²) < 4.78 is 18.3.